The van der Waals surface area contributed by atoms with Crippen LogP contribution in [-0.4, -0.2) is 28.6 Å². The predicted octanol–water partition coefficient (Wildman–Crippen LogP) is 6.53. The van der Waals surface area contributed by atoms with Crippen LogP contribution < -0.4 is 4.74 Å². The molecule has 4 rings (SSSR count). The normalized spacial score (nSPS) is 12.5. The largest absolute Gasteiger partial charge is 0.479 e. The zero-order chi connectivity index (χ0) is 25.0. The van der Waals surface area contributed by atoms with E-state index in [2.05, 4.69) is 9.97 Å². The van der Waals surface area contributed by atoms with Crippen LogP contribution in [0.15, 0.2) is 70.1 Å². The van der Waals surface area contributed by atoms with Gasteiger partial charge in [-0.2, -0.15) is 13.2 Å². The molecule has 2 heterocycles. The Morgan fingerprint density at radius 3 is 2.46 bits per heavy atom. The van der Waals surface area contributed by atoms with Crippen molar-refractivity contribution in [2.45, 2.75) is 36.8 Å². The number of aromatic nitrogens is 2. The summed E-state index contributed by atoms with van der Waals surface area (Å²) in [5.41, 5.74) is 1.44. The van der Waals surface area contributed by atoms with Gasteiger partial charge in [-0.1, -0.05) is 0 Å². The highest BCUT2D eigenvalue weighted by Gasteiger charge is 2.30. The number of hydrogen-bond acceptors (Lipinski definition) is 7. The number of hydrogen-bond donors (Lipinski definition) is 0. The third-order valence-corrected chi connectivity index (χ3v) is 6.05. The molecule has 0 amide bonds. The lowest BCUT2D eigenvalue weighted by Crippen LogP contribution is -2.25. The minimum atomic E-state index is -4.41. The molecule has 6 nitrogen and oxygen atoms in total. The van der Waals surface area contributed by atoms with Gasteiger partial charge in [0.05, 0.1) is 12.2 Å². The van der Waals surface area contributed by atoms with Crippen LogP contribution in [0.4, 0.5) is 13.2 Å². The molecule has 2 aromatic heterocycles. The third-order valence-electron chi connectivity index (χ3n) is 4.99. The number of halogens is 3. The van der Waals surface area contributed by atoms with Gasteiger partial charge in [-0.3, -0.25) is 0 Å². The highest BCUT2D eigenvalue weighted by Crippen LogP contribution is 2.33. The maximum absolute atomic E-state index is 12.8. The van der Waals surface area contributed by atoms with Gasteiger partial charge in [0.25, 0.3) is 0 Å². The van der Waals surface area contributed by atoms with Crippen molar-refractivity contribution in [2.75, 3.05) is 6.61 Å². The summed E-state index contributed by atoms with van der Waals surface area (Å²) in [6.45, 7) is 3.66. The smallest absolute Gasteiger partial charge is 0.416 e. The van der Waals surface area contributed by atoms with Gasteiger partial charge in [-0.25, -0.2) is 14.8 Å². The summed E-state index contributed by atoms with van der Waals surface area (Å²) in [5, 5.41) is 0. The van der Waals surface area contributed by atoms with Crippen molar-refractivity contribution in [3.8, 4) is 17.2 Å². The Hall–Kier alpha value is -3.53. The number of benzene rings is 2. The topological polar surface area (TPSA) is 74.5 Å². The van der Waals surface area contributed by atoms with Crippen LogP contribution in [0, 0.1) is 0 Å². The zero-order valence-corrected chi connectivity index (χ0v) is 19.7. The van der Waals surface area contributed by atoms with Crippen molar-refractivity contribution in [3.05, 3.63) is 71.9 Å². The van der Waals surface area contributed by atoms with Crippen molar-refractivity contribution < 1.29 is 31.9 Å². The second-order valence-corrected chi connectivity index (χ2v) is 8.54. The maximum Gasteiger partial charge on any atom is 0.416 e. The van der Waals surface area contributed by atoms with E-state index in [0.717, 1.165) is 22.6 Å². The van der Waals surface area contributed by atoms with Gasteiger partial charge in [0.1, 0.15) is 11.3 Å². The zero-order valence-electron chi connectivity index (χ0n) is 18.8. The summed E-state index contributed by atoms with van der Waals surface area (Å²) in [5.74, 6) is 0.906. The number of ether oxygens (including phenoxy) is 2. The Balaban J connectivity index is 1.44. The van der Waals surface area contributed by atoms with Gasteiger partial charge in [0.15, 0.2) is 6.10 Å². The molecule has 0 spiro atoms. The van der Waals surface area contributed by atoms with Crippen molar-refractivity contribution >= 4 is 29.0 Å². The highest BCUT2D eigenvalue weighted by molar-refractivity contribution is 7.98. The average Bonchev–Trinajstić information content (AvgIpc) is 3.28. The number of carbonyl (C=O) groups is 1. The Morgan fingerprint density at radius 1 is 1.09 bits per heavy atom. The fraction of sp³-hybridized carbons (Fsp3) is 0.240. The fourth-order valence-corrected chi connectivity index (χ4v) is 4.10. The van der Waals surface area contributed by atoms with Gasteiger partial charge in [-0.05, 0) is 74.0 Å². The molecular formula is C25H21F3N2O4S. The molecule has 0 aliphatic carbocycles. The Bertz CT molecular complexity index is 1310. The van der Waals surface area contributed by atoms with Crippen LogP contribution in [-0.2, 0) is 21.5 Å². The third kappa shape index (κ3) is 5.94. The summed E-state index contributed by atoms with van der Waals surface area (Å²) < 4.78 is 54.7. The van der Waals surface area contributed by atoms with Crippen LogP contribution in [0.25, 0.3) is 22.7 Å². The first kappa shape index (κ1) is 24.6. The average molecular weight is 503 g/mol. The van der Waals surface area contributed by atoms with E-state index in [0.29, 0.717) is 34.9 Å². The molecule has 0 aliphatic heterocycles. The first-order valence-corrected chi connectivity index (χ1v) is 11.7. The number of carbonyl (C=O) groups excluding carboxylic acids is 1. The molecule has 0 saturated heterocycles. The number of nitrogens with zero attached hydrogens (tertiary/aromatic N) is 2. The monoisotopic (exact) mass is 502 g/mol. The number of oxazole rings is 1. The molecule has 2 aromatic carbocycles. The number of thioether (sulfide) groups is 1. The molecule has 0 N–H and O–H groups in total. The van der Waals surface area contributed by atoms with E-state index in [-0.39, 0.29) is 5.89 Å². The van der Waals surface area contributed by atoms with Gasteiger partial charge in [0.2, 0.25) is 11.6 Å². The molecular weight excluding hydrogens is 481 g/mol. The SMILES string of the molecule is CCOC(=O)C(C)Oc1ccc(SCc2ccnc3oc(-c4ccc(C(F)(F)F)cc4)nc23)cc1. The first-order valence-electron chi connectivity index (χ1n) is 10.7. The van der Waals surface area contributed by atoms with E-state index in [1.54, 1.807) is 43.9 Å². The van der Waals surface area contributed by atoms with Crippen molar-refractivity contribution in [2.24, 2.45) is 0 Å². The first-order chi connectivity index (χ1) is 16.7. The van der Waals surface area contributed by atoms with Gasteiger partial charge >= 0.3 is 12.1 Å². The van der Waals surface area contributed by atoms with Gasteiger partial charge in [0, 0.05) is 22.4 Å². The molecule has 0 saturated carbocycles. The van der Waals surface area contributed by atoms with E-state index in [1.165, 1.54) is 12.1 Å². The Morgan fingerprint density at radius 2 is 1.80 bits per heavy atom. The number of rotatable bonds is 8. The molecule has 1 atom stereocenters. The second kappa shape index (κ2) is 10.4. The molecule has 0 radical (unpaired) electrons. The lowest BCUT2D eigenvalue weighted by Gasteiger charge is -2.13. The predicted molar refractivity (Wildman–Crippen MR) is 125 cm³/mol. The molecule has 1 unspecified atom stereocenters. The summed E-state index contributed by atoms with van der Waals surface area (Å²) in [6, 6.07) is 13.8. The van der Waals surface area contributed by atoms with Gasteiger partial charge in [-0.15, -0.1) is 11.8 Å². The van der Waals surface area contributed by atoms with E-state index in [4.69, 9.17) is 13.9 Å². The minimum absolute atomic E-state index is 0.205. The Kier molecular flexibility index (Phi) is 7.30. The lowest BCUT2D eigenvalue weighted by molar-refractivity contribution is -0.150. The molecule has 0 fully saturated rings. The van der Waals surface area contributed by atoms with E-state index >= 15 is 0 Å². The molecule has 4 aromatic rings. The van der Waals surface area contributed by atoms with Crippen LogP contribution in [0.3, 0.4) is 0 Å². The number of alkyl halides is 3. The van der Waals surface area contributed by atoms with Crippen LogP contribution >= 0.6 is 11.8 Å². The molecule has 182 valence electrons. The molecule has 35 heavy (non-hydrogen) atoms. The second-order valence-electron chi connectivity index (χ2n) is 7.49. The number of fused-ring (bicyclic) bond motifs is 1. The van der Waals surface area contributed by atoms with E-state index < -0.39 is 23.8 Å². The molecule has 0 aliphatic rings. The lowest BCUT2D eigenvalue weighted by atomic mass is 10.1. The minimum Gasteiger partial charge on any atom is -0.479 e. The summed E-state index contributed by atoms with van der Waals surface area (Å²) in [4.78, 5) is 21.4. The molecule has 10 heteroatoms. The summed E-state index contributed by atoms with van der Waals surface area (Å²) in [7, 11) is 0. The van der Waals surface area contributed by atoms with E-state index in [9.17, 15) is 18.0 Å². The maximum atomic E-state index is 12.8. The summed E-state index contributed by atoms with van der Waals surface area (Å²) >= 11 is 1.56. The van der Waals surface area contributed by atoms with Crippen LogP contribution in [0.2, 0.25) is 0 Å². The van der Waals surface area contributed by atoms with Crippen LogP contribution in [0.5, 0.6) is 5.75 Å². The number of pyridine rings is 1. The highest BCUT2D eigenvalue weighted by atomic mass is 32.2. The van der Waals surface area contributed by atoms with Crippen molar-refractivity contribution in [3.63, 3.8) is 0 Å². The Labute approximate surface area is 203 Å². The molecule has 0 bridgehead atoms. The van der Waals surface area contributed by atoms with Crippen LogP contribution in [0.1, 0.15) is 25.0 Å². The summed E-state index contributed by atoms with van der Waals surface area (Å²) in [6.07, 6.45) is -3.51. The quantitative estimate of drug-likeness (QED) is 0.200. The van der Waals surface area contributed by atoms with E-state index in [1.807, 2.05) is 18.2 Å². The van der Waals surface area contributed by atoms with Crippen molar-refractivity contribution in [1.29, 1.82) is 0 Å². The standard InChI is InChI=1S/C25H21F3N2O4S/c1-3-32-24(31)15(2)33-19-8-10-20(11-9-19)35-14-17-12-13-29-23-21(17)30-22(34-23)16-4-6-18(7-5-16)25(26,27)28/h4-13,15H,3,14H2,1-2H3. The fourth-order valence-electron chi connectivity index (χ4n) is 3.21. The number of esters is 1. The van der Waals surface area contributed by atoms with Crippen molar-refractivity contribution in [1.82, 2.24) is 9.97 Å². The van der Waals surface area contributed by atoms with Gasteiger partial charge < -0.3 is 13.9 Å².